The third-order valence-corrected chi connectivity index (χ3v) is 3.65. The summed E-state index contributed by atoms with van der Waals surface area (Å²) in [6.45, 7) is 3.92. The highest BCUT2D eigenvalue weighted by Crippen LogP contribution is 2.26. The Morgan fingerprint density at radius 1 is 1.43 bits per heavy atom. The van der Waals surface area contributed by atoms with Crippen molar-refractivity contribution in [2.24, 2.45) is 0 Å². The summed E-state index contributed by atoms with van der Waals surface area (Å²) in [5, 5.41) is 3.88. The zero-order chi connectivity index (χ0) is 14.7. The highest BCUT2D eigenvalue weighted by Gasteiger charge is 2.27. The molecule has 0 unspecified atom stereocenters. The molecule has 0 saturated carbocycles. The van der Waals surface area contributed by atoms with Crippen LogP contribution in [-0.4, -0.2) is 41.7 Å². The minimum Gasteiger partial charge on any atom is -0.486 e. The van der Waals surface area contributed by atoms with Gasteiger partial charge in [0.2, 0.25) is 0 Å². The van der Waals surface area contributed by atoms with E-state index in [4.69, 9.17) is 4.74 Å². The first-order chi connectivity index (χ1) is 10.3. The van der Waals surface area contributed by atoms with Gasteiger partial charge in [-0.05, 0) is 19.1 Å². The van der Waals surface area contributed by atoms with E-state index in [0.29, 0.717) is 13.1 Å². The number of urea groups is 1. The second-order valence-corrected chi connectivity index (χ2v) is 5.14. The van der Waals surface area contributed by atoms with E-state index in [9.17, 15) is 4.79 Å². The maximum absolute atomic E-state index is 11.8. The van der Waals surface area contributed by atoms with E-state index in [1.807, 2.05) is 37.3 Å². The smallest absolute Gasteiger partial charge is 0.317 e. The Balaban J connectivity index is 1.71. The zero-order valence-electron chi connectivity index (χ0n) is 12.1. The van der Waals surface area contributed by atoms with Crippen molar-refractivity contribution >= 4 is 16.9 Å². The molecule has 1 fully saturated rings. The molecule has 1 aromatic heterocycles. The maximum Gasteiger partial charge on any atom is 0.317 e. The number of fused-ring (bicyclic) bond motifs is 1. The van der Waals surface area contributed by atoms with Crippen molar-refractivity contribution in [1.82, 2.24) is 15.2 Å². The van der Waals surface area contributed by atoms with E-state index in [2.05, 4.69) is 10.3 Å². The Morgan fingerprint density at radius 2 is 2.29 bits per heavy atom. The number of benzene rings is 1. The van der Waals surface area contributed by atoms with Crippen LogP contribution < -0.4 is 10.1 Å². The van der Waals surface area contributed by atoms with Crippen molar-refractivity contribution < 1.29 is 9.53 Å². The molecule has 0 aliphatic carbocycles. The molecule has 1 N–H and O–H groups in total. The molecule has 21 heavy (non-hydrogen) atoms. The number of nitrogens with zero attached hydrogens (tertiary/aromatic N) is 2. The van der Waals surface area contributed by atoms with Crippen molar-refractivity contribution in [3.8, 4) is 5.75 Å². The van der Waals surface area contributed by atoms with Crippen molar-refractivity contribution in [3.63, 3.8) is 0 Å². The number of para-hydroxylation sites is 1. The van der Waals surface area contributed by atoms with Gasteiger partial charge in [-0.2, -0.15) is 0 Å². The van der Waals surface area contributed by atoms with Crippen LogP contribution in [0.25, 0.3) is 10.9 Å². The molecule has 1 atom stereocenters. The summed E-state index contributed by atoms with van der Waals surface area (Å²) in [6.07, 6.45) is 2.64. The molecule has 0 radical (unpaired) electrons. The molecule has 1 saturated heterocycles. The van der Waals surface area contributed by atoms with Gasteiger partial charge < -0.3 is 15.0 Å². The largest absolute Gasteiger partial charge is 0.486 e. The molecule has 3 rings (SSSR count). The first kappa shape index (κ1) is 13.7. The van der Waals surface area contributed by atoms with Crippen LogP contribution >= 0.6 is 0 Å². The summed E-state index contributed by atoms with van der Waals surface area (Å²) in [5.41, 5.74) is 0.872. The first-order valence-electron chi connectivity index (χ1n) is 7.31. The number of hydrogen-bond donors (Lipinski definition) is 1. The number of rotatable bonds is 3. The molecule has 2 amide bonds. The average Bonchev–Trinajstić information content (AvgIpc) is 2.97. The molecule has 110 valence electrons. The first-order valence-corrected chi connectivity index (χ1v) is 7.31. The van der Waals surface area contributed by atoms with Crippen molar-refractivity contribution in [2.75, 3.05) is 19.6 Å². The van der Waals surface area contributed by atoms with Gasteiger partial charge in [0, 0.05) is 31.1 Å². The van der Waals surface area contributed by atoms with Crippen LogP contribution in [0.1, 0.15) is 13.3 Å². The summed E-state index contributed by atoms with van der Waals surface area (Å²) in [5.74, 6) is 0.788. The molecule has 0 bridgehead atoms. The zero-order valence-corrected chi connectivity index (χ0v) is 12.1. The standard InChI is InChI=1S/C16H19N3O2/c1-2-17-16(20)19-10-8-13(11-19)21-14-7-3-5-12-6-4-9-18-15(12)14/h3-7,9,13H,2,8,10-11H2,1H3,(H,17,20)/t13-/m0/s1. The van der Waals surface area contributed by atoms with Gasteiger partial charge in [0.15, 0.2) is 0 Å². The molecular weight excluding hydrogens is 266 g/mol. The quantitative estimate of drug-likeness (QED) is 0.942. The van der Waals surface area contributed by atoms with E-state index in [1.54, 1.807) is 11.1 Å². The lowest BCUT2D eigenvalue weighted by atomic mass is 10.2. The Kier molecular flexibility index (Phi) is 3.90. The Bertz CT molecular complexity index is 639. The van der Waals surface area contributed by atoms with Crippen LogP contribution in [0.4, 0.5) is 4.79 Å². The van der Waals surface area contributed by atoms with Gasteiger partial charge in [-0.25, -0.2) is 4.79 Å². The molecular formula is C16H19N3O2. The van der Waals surface area contributed by atoms with Crippen LogP contribution in [0, 0.1) is 0 Å². The number of amides is 2. The predicted molar refractivity (Wildman–Crippen MR) is 81.4 cm³/mol. The summed E-state index contributed by atoms with van der Waals surface area (Å²) in [6, 6.07) is 9.84. The van der Waals surface area contributed by atoms with E-state index < -0.39 is 0 Å². The second kappa shape index (κ2) is 5.99. The van der Waals surface area contributed by atoms with Crippen LogP contribution in [-0.2, 0) is 0 Å². The lowest BCUT2D eigenvalue weighted by Gasteiger charge is -2.17. The van der Waals surface area contributed by atoms with Crippen molar-refractivity contribution in [1.29, 1.82) is 0 Å². The fraction of sp³-hybridized carbons (Fsp3) is 0.375. The summed E-state index contributed by atoms with van der Waals surface area (Å²) >= 11 is 0. The number of carbonyl (C=O) groups excluding carboxylic acids is 1. The summed E-state index contributed by atoms with van der Waals surface area (Å²) in [7, 11) is 0. The maximum atomic E-state index is 11.8. The van der Waals surface area contributed by atoms with Gasteiger partial charge in [0.05, 0.1) is 6.54 Å². The fourth-order valence-corrected chi connectivity index (χ4v) is 2.62. The highest BCUT2D eigenvalue weighted by molar-refractivity contribution is 5.84. The van der Waals surface area contributed by atoms with Gasteiger partial charge in [-0.1, -0.05) is 18.2 Å². The molecule has 1 aliphatic rings. The van der Waals surface area contributed by atoms with Gasteiger partial charge in [0.1, 0.15) is 17.4 Å². The molecule has 2 heterocycles. The van der Waals surface area contributed by atoms with Crippen LogP contribution in [0.3, 0.4) is 0 Å². The number of aromatic nitrogens is 1. The Morgan fingerprint density at radius 3 is 3.14 bits per heavy atom. The molecule has 2 aromatic rings. The van der Waals surface area contributed by atoms with E-state index in [0.717, 1.165) is 29.6 Å². The summed E-state index contributed by atoms with van der Waals surface area (Å²) in [4.78, 5) is 18.0. The van der Waals surface area contributed by atoms with Crippen LogP contribution in [0.2, 0.25) is 0 Å². The Labute approximate surface area is 123 Å². The van der Waals surface area contributed by atoms with Gasteiger partial charge in [-0.15, -0.1) is 0 Å². The minimum atomic E-state index is -0.0142. The number of ether oxygens (including phenoxy) is 1. The third-order valence-electron chi connectivity index (χ3n) is 3.65. The SMILES string of the molecule is CCNC(=O)N1CC[C@H](Oc2cccc3cccnc23)C1. The lowest BCUT2D eigenvalue weighted by molar-refractivity contribution is 0.188. The molecule has 1 aromatic carbocycles. The normalized spacial score (nSPS) is 18.0. The molecule has 5 nitrogen and oxygen atoms in total. The van der Waals surface area contributed by atoms with Gasteiger partial charge >= 0.3 is 6.03 Å². The van der Waals surface area contributed by atoms with Gasteiger partial charge in [-0.3, -0.25) is 4.98 Å². The number of carbonyl (C=O) groups is 1. The van der Waals surface area contributed by atoms with Crippen molar-refractivity contribution in [3.05, 3.63) is 36.5 Å². The topological polar surface area (TPSA) is 54.5 Å². The minimum absolute atomic E-state index is 0.0142. The van der Waals surface area contributed by atoms with Crippen molar-refractivity contribution in [2.45, 2.75) is 19.4 Å². The Hall–Kier alpha value is -2.30. The predicted octanol–water partition coefficient (Wildman–Crippen LogP) is 2.42. The number of nitrogens with one attached hydrogen (secondary N) is 1. The van der Waals surface area contributed by atoms with E-state index in [1.165, 1.54) is 0 Å². The average molecular weight is 285 g/mol. The lowest BCUT2D eigenvalue weighted by Crippen LogP contribution is -2.39. The third kappa shape index (κ3) is 2.91. The number of likely N-dealkylation sites (tertiary alicyclic amines) is 1. The molecule has 1 aliphatic heterocycles. The van der Waals surface area contributed by atoms with Crippen LogP contribution in [0.5, 0.6) is 5.75 Å². The highest BCUT2D eigenvalue weighted by atomic mass is 16.5. The molecule has 5 heteroatoms. The summed E-state index contributed by atoms with van der Waals surface area (Å²) < 4.78 is 6.06. The van der Waals surface area contributed by atoms with Gasteiger partial charge in [0.25, 0.3) is 0 Å². The monoisotopic (exact) mass is 285 g/mol. The van der Waals surface area contributed by atoms with Crippen LogP contribution in [0.15, 0.2) is 36.5 Å². The fourth-order valence-electron chi connectivity index (χ4n) is 2.62. The molecule has 0 spiro atoms. The second-order valence-electron chi connectivity index (χ2n) is 5.14. The van der Waals surface area contributed by atoms with E-state index in [-0.39, 0.29) is 12.1 Å². The number of pyridine rings is 1. The van der Waals surface area contributed by atoms with E-state index >= 15 is 0 Å². The number of hydrogen-bond acceptors (Lipinski definition) is 3.